The summed E-state index contributed by atoms with van der Waals surface area (Å²) >= 11 is 0. The molecule has 0 bridgehead atoms. The van der Waals surface area contributed by atoms with Crippen molar-refractivity contribution in [2.24, 2.45) is 0 Å². The number of nitrogens with zero attached hydrogens (tertiary/aromatic N) is 1. The maximum absolute atomic E-state index is 12.2. The molecular weight excluding hydrogens is 327 g/mol. The SMILES string of the molecule is CN(C(=O)OC(C)(C)C)c1ccc(C(=O)CC(=O)C(F)(F)F)cc1. The molecule has 8 heteroatoms. The van der Waals surface area contributed by atoms with Crippen LogP contribution < -0.4 is 4.90 Å². The van der Waals surface area contributed by atoms with Crippen molar-refractivity contribution in [3.63, 3.8) is 0 Å². The fourth-order valence-electron chi connectivity index (χ4n) is 1.65. The van der Waals surface area contributed by atoms with Crippen LogP contribution in [0.15, 0.2) is 24.3 Å². The second-order valence-electron chi connectivity index (χ2n) is 6.11. The monoisotopic (exact) mass is 345 g/mol. The van der Waals surface area contributed by atoms with Gasteiger partial charge in [0.25, 0.3) is 0 Å². The molecule has 24 heavy (non-hydrogen) atoms. The van der Waals surface area contributed by atoms with Gasteiger partial charge < -0.3 is 4.74 Å². The zero-order valence-corrected chi connectivity index (χ0v) is 13.7. The van der Waals surface area contributed by atoms with E-state index in [-0.39, 0.29) is 5.56 Å². The van der Waals surface area contributed by atoms with E-state index in [2.05, 4.69) is 0 Å². The van der Waals surface area contributed by atoms with Crippen LogP contribution in [0, 0.1) is 0 Å². The summed E-state index contributed by atoms with van der Waals surface area (Å²) in [5, 5.41) is 0. The van der Waals surface area contributed by atoms with Crippen LogP contribution in [0.2, 0.25) is 0 Å². The number of ketones is 2. The number of rotatable bonds is 4. The van der Waals surface area contributed by atoms with Crippen molar-refractivity contribution in [3.8, 4) is 0 Å². The third kappa shape index (κ3) is 5.68. The number of anilines is 1. The van der Waals surface area contributed by atoms with Crippen LogP contribution in [0.3, 0.4) is 0 Å². The molecule has 5 nitrogen and oxygen atoms in total. The summed E-state index contributed by atoms with van der Waals surface area (Å²) < 4.78 is 41.7. The highest BCUT2D eigenvalue weighted by Crippen LogP contribution is 2.21. The number of halogens is 3. The number of amides is 1. The van der Waals surface area contributed by atoms with E-state index < -0.39 is 35.9 Å². The molecule has 0 fully saturated rings. The van der Waals surface area contributed by atoms with Crippen molar-refractivity contribution < 1.29 is 32.3 Å². The van der Waals surface area contributed by atoms with Gasteiger partial charge in [0, 0.05) is 18.3 Å². The molecule has 0 aliphatic rings. The Bertz CT molecular complexity index is 630. The number of hydrogen-bond donors (Lipinski definition) is 0. The lowest BCUT2D eigenvalue weighted by Crippen LogP contribution is -2.34. The summed E-state index contributed by atoms with van der Waals surface area (Å²) in [5.41, 5.74) is -0.337. The number of alkyl halides is 3. The Morgan fingerprint density at radius 3 is 1.96 bits per heavy atom. The zero-order valence-electron chi connectivity index (χ0n) is 13.7. The van der Waals surface area contributed by atoms with Crippen LogP contribution in [0.1, 0.15) is 37.6 Å². The summed E-state index contributed by atoms with van der Waals surface area (Å²) in [5.74, 6) is -3.04. The number of carbonyl (C=O) groups excluding carboxylic acids is 3. The topological polar surface area (TPSA) is 63.7 Å². The fraction of sp³-hybridized carbons (Fsp3) is 0.438. The van der Waals surface area contributed by atoms with Gasteiger partial charge in [-0.2, -0.15) is 13.2 Å². The van der Waals surface area contributed by atoms with Gasteiger partial charge in [0.15, 0.2) is 5.78 Å². The average Bonchev–Trinajstić information content (AvgIpc) is 2.43. The normalized spacial score (nSPS) is 11.8. The van der Waals surface area contributed by atoms with Gasteiger partial charge in [0.1, 0.15) is 5.60 Å². The second-order valence-corrected chi connectivity index (χ2v) is 6.11. The zero-order chi connectivity index (χ0) is 18.7. The highest BCUT2D eigenvalue weighted by molar-refractivity contribution is 6.09. The molecule has 0 aliphatic heterocycles. The third-order valence-electron chi connectivity index (χ3n) is 2.88. The number of hydrogen-bond acceptors (Lipinski definition) is 4. The minimum absolute atomic E-state index is 0.0473. The lowest BCUT2D eigenvalue weighted by molar-refractivity contribution is -0.170. The maximum atomic E-state index is 12.2. The molecule has 1 amide bonds. The lowest BCUT2D eigenvalue weighted by atomic mass is 10.1. The Labute approximate surface area is 137 Å². The average molecular weight is 345 g/mol. The standard InChI is InChI=1S/C16H18F3NO4/c1-15(2,3)24-14(23)20(4)11-7-5-10(6-8-11)12(21)9-13(22)16(17,18)19/h5-8H,9H2,1-4H3. The second kappa shape index (κ2) is 7.02. The number of benzene rings is 1. The number of Topliss-reactive ketones (excluding diaryl/α,β-unsaturated/α-hetero) is 2. The first kappa shape index (κ1) is 19.7. The Kier molecular flexibility index (Phi) is 5.75. The molecule has 0 atom stereocenters. The largest absolute Gasteiger partial charge is 0.450 e. The highest BCUT2D eigenvalue weighted by atomic mass is 19.4. The van der Waals surface area contributed by atoms with Crippen LogP contribution in [-0.4, -0.2) is 36.5 Å². The Balaban J connectivity index is 2.80. The van der Waals surface area contributed by atoms with Crippen LogP contribution in [-0.2, 0) is 9.53 Å². The number of ether oxygens (including phenoxy) is 1. The van der Waals surface area contributed by atoms with Gasteiger partial charge in [-0.05, 0) is 45.0 Å². The van der Waals surface area contributed by atoms with Gasteiger partial charge in [-0.3, -0.25) is 14.5 Å². The minimum Gasteiger partial charge on any atom is -0.443 e. The van der Waals surface area contributed by atoms with E-state index in [1.54, 1.807) is 20.8 Å². The van der Waals surface area contributed by atoms with E-state index in [4.69, 9.17) is 4.74 Å². The first-order valence-corrected chi connectivity index (χ1v) is 7.01. The first-order valence-electron chi connectivity index (χ1n) is 7.01. The molecule has 0 aliphatic carbocycles. The third-order valence-corrected chi connectivity index (χ3v) is 2.88. The Hall–Kier alpha value is -2.38. The van der Waals surface area contributed by atoms with Crippen LogP contribution >= 0.6 is 0 Å². The molecule has 0 saturated heterocycles. The number of carbonyl (C=O) groups is 3. The predicted molar refractivity (Wildman–Crippen MR) is 81.1 cm³/mol. The van der Waals surface area contributed by atoms with E-state index in [0.717, 1.165) is 0 Å². The van der Waals surface area contributed by atoms with E-state index >= 15 is 0 Å². The molecular formula is C16H18F3NO4. The molecule has 0 saturated carbocycles. The van der Waals surface area contributed by atoms with E-state index in [1.165, 1.54) is 36.2 Å². The summed E-state index contributed by atoms with van der Waals surface area (Å²) in [6.45, 7) is 5.12. The molecule has 0 aromatic heterocycles. The van der Waals surface area contributed by atoms with Crippen molar-refractivity contribution in [1.29, 1.82) is 0 Å². The Morgan fingerprint density at radius 2 is 1.54 bits per heavy atom. The van der Waals surface area contributed by atoms with Gasteiger partial charge in [-0.15, -0.1) is 0 Å². The van der Waals surface area contributed by atoms with E-state index in [0.29, 0.717) is 5.69 Å². The summed E-state index contributed by atoms with van der Waals surface area (Å²) in [6.07, 6.45) is -6.90. The maximum Gasteiger partial charge on any atom is 0.450 e. The van der Waals surface area contributed by atoms with Crippen LogP contribution in [0.5, 0.6) is 0 Å². The molecule has 0 heterocycles. The smallest absolute Gasteiger partial charge is 0.443 e. The van der Waals surface area contributed by atoms with Gasteiger partial charge in [-0.25, -0.2) is 4.79 Å². The molecule has 1 aromatic rings. The lowest BCUT2D eigenvalue weighted by Gasteiger charge is -2.24. The molecule has 0 N–H and O–H groups in total. The first-order chi connectivity index (χ1) is 10.8. The quantitative estimate of drug-likeness (QED) is 0.616. The Morgan fingerprint density at radius 1 is 1.04 bits per heavy atom. The van der Waals surface area contributed by atoms with Gasteiger partial charge in [0.2, 0.25) is 5.78 Å². The van der Waals surface area contributed by atoms with Gasteiger partial charge in [0.05, 0.1) is 6.42 Å². The van der Waals surface area contributed by atoms with Crippen LogP contribution in [0.25, 0.3) is 0 Å². The van der Waals surface area contributed by atoms with Crippen molar-refractivity contribution >= 4 is 23.3 Å². The van der Waals surface area contributed by atoms with E-state index in [9.17, 15) is 27.6 Å². The van der Waals surface area contributed by atoms with E-state index in [1.807, 2.05) is 0 Å². The summed E-state index contributed by atoms with van der Waals surface area (Å²) in [7, 11) is 1.46. The predicted octanol–water partition coefficient (Wildman–Crippen LogP) is 3.76. The van der Waals surface area contributed by atoms with Crippen molar-refractivity contribution in [3.05, 3.63) is 29.8 Å². The molecule has 0 unspecified atom stereocenters. The summed E-state index contributed by atoms with van der Waals surface area (Å²) in [6, 6.07) is 5.27. The molecule has 1 rings (SSSR count). The molecule has 0 spiro atoms. The molecule has 1 aromatic carbocycles. The van der Waals surface area contributed by atoms with Crippen molar-refractivity contribution in [2.75, 3.05) is 11.9 Å². The molecule has 0 radical (unpaired) electrons. The van der Waals surface area contributed by atoms with Gasteiger partial charge >= 0.3 is 12.3 Å². The minimum atomic E-state index is -5.04. The summed E-state index contributed by atoms with van der Waals surface area (Å²) in [4.78, 5) is 35.6. The highest BCUT2D eigenvalue weighted by Gasteiger charge is 2.39. The van der Waals surface area contributed by atoms with Gasteiger partial charge in [-0.1, -0.05) is 0 Å². The molecule has 132 valence electrons. The van der Waals surface area contributed by atoms with Crippen molar-refractivity contribution in [2.45, 2.75) is 39.0 Å². The fourth-order valence-corrected chi connectivity index (χ4v) is 1.65. The van der Waals surface area contributed by atoms with Crippen molar-refractivity contribution in [1.82, 2.24) is 0 Å². The van der Waals surface area contributed by atoms with Crippen LogP contribution in [0.4, 0.5) is 23.7 Å².